The zero-order valence-corrected chi connectivity index (χ0v) is 15.0. The molecule has 2 atom stereocenters. The van der Waals surface area contributed by atoms with E-state index in [0.717, 1.165) is 18.1 Å². The first-order valence-corrected chi connectivity index (χ1v) is 9.18. The van der Waals surface area contributed by atoms with E-state index >= 15 is 0 Å². The minimum absolute atomic E-state index is 0.208. The Morgan fingerprint density at radius 3 is 2.62 bits per heavy atom. The summed E-state index contributed by atoms with van der Waals surface area (Å²) in [5.74, 6) is 0. The summed E-state index contributed by atoms with van der Waals surface area (Å²) in [6, 6.07) is 15.3. The molecular formula is C20H25N3S. The number of thiocarbonyl (C=S) groups is 1. The zero-order chi connectivity index (χ0) is 16.8. The Labute approximate surface area is 150 Å². The Hall–Kier alpha value is -1.94. The summed E-state index contributed by atoms with van der Waals surface area (Å²) in [6.07, 6.45) is 8.62. The topological polar surface area (TPSA) is 28.2 Å². The molecule has 3 rings (SSSR count). The largest absolute Gasteiger partial charge is 0.356 e. The van der Waals surface area contributed by atoms with E-state index in [9.17, 15) is 0 Å². The first-order valence-electron chi connectivity index (χ1n) is 8.77. The van der Waals surface area contributed by atoms with Crippen LogP contribution in [0.3, 0.4) is 0 Å². The maximum Gasteiger partial charge on any atom is 0.169 e. The van der Waals surface area contributed by atoms with Crippen LogP contribution in [0.5, 0.6) is 0 Å². The molecule has 2 aromatic rings. The van der Waals surface area contributed by atoms with Crippen LogP contribution >= 0.6 is 12.2 Å². The molecule has 1 aliphatic rings. The molecule has 2 heterocycles. The van der Waals surface area contributed by atoms with E-state index in [1.54, 1.807) is 0 Å². The molecule has 1 aromatic heterocycles. The van der Waals surface area contributed by atoms with Crippen LogP contribution in [0.15, 0.2) is 54.9 Å². The second-order valence-corrected chi connectivity index (χ2v) is 6.81. The van der Waals surface area contributed by atoms with Crippen LogP contribution in [0, 0.1) is 0 Å². The van der Waals surface area contributed by atoms with E-state index in [1.165, 1.54) is 30.4 Å². The van der Waals surface area contributed by atoms with Crippen molar-refractivity contribution in [1.82, 2.24) is 15.2 Å². The van der Waals surface area contributed by atoms with E-state index in [1.807, 2.05) is 18.5 Å². The fraction of sp³-hybridized carbons (Fsp3) is 0.400. The predicted molar refractivity (Wildman–Crippen MR) is 103 cm³/mol. The quantitative estimate of drug-likeness (QED) is 0.825. The monoisotopic (exact) mass is 339 g/mol. The summed E-state index contributed by atoms with van der Waals surface area (Å²) in [6.45, 7) is 3.18. The second-order valence-electron chi connectivity index (χ2n) is 6.42. The fourth-order valence-electron chi connectivity index (χ4n) is 3.38. The Kier molecular flexibility index (Phi) is 5.81. The van der Waals surface area contributed by atoms with E-state index in [0.29, 0.717) is 6.04 Å². The highest BCUT2D eigenvalue weighted by atomic mass is 32.1. The zero-order valence-electron chi connectivity index (χ0n) is 14.2. The van der Waals surface area contributed by atoms with Crippen molar-refractivity contribution in [3.63, 3.8) is 0 Å². The van der Waals surface area contributed by atoms with Gasteiger partial charge in [-0.15, -0.1) is 0 Å². The molecule has 1 fully saturated rings. The first kappa shape index (κ1) is 16.9. The summed E-state index contributed by atoms with van der Waals surface area (Å²) in [4.78, 5) is 6.53. The summed E-state index contributed by atoms with van der Waals surface area (Å²) >= 11 is 5.79. The van der Waals surface area contributed by atoms with Crippen LogP contribution in [0.4, 0.5) is 0 Å². The molecule has 24 heavy (non-hydrogen) atoms. The molecule has 4 heteroatoms. The fourth-order valence-corrected chi connectivity index (χ4v) is 3.77. The molecule has 3 nitrogen and oxygen atoms in total. The predicted octanol–water partition coefficient (Wildman–Crippen LogP) is 4.63. The van der Waals surface area contributed by atoms with Crippen LogP contribution in [0.25, 0.3) is 0 Å². The van der Waals surface area contributed by atoms with Gasteiger partial charge in [-0.25, -0.2) is 0 Å². The normalized spacial score (nSPS) is 19.4. The molecule has 0 amide bonds. The van der Waals surface area contributed by atoms with E-state index < -0.39 is 0 Å². The lowest BCUT2D eigenvalue weighted by atomic mass is 10.0. The maximum atomic E-state index is 5.79. The molecule has 0 bridgehead atoms. The Bertz CT molecular complexity index is 644. The molecule has 1 saturated heterocycles. The van der Waals surface area contributed by atoms with Gasteiger partial charge in [0.1, 0.15) is 0 Å². The average molecular weight is 340 g/mol. The van der Waals surface area contributed by atoms with Gasteiger partial charge in [0, 0.05) is 18.9 Å². The Morgan fingerprint density at radius 2 is 1.88 bits per heavy atom. The number of rotatable bonds is 3. The summed E-state index contributed by atoms with van der Waals surface area (Å²) in [7, 11) is 0. The van der Waals surface area contributed by atoms with Gasteiger partial charge in [-0.2, -0.15) is 0 Å². The van der Waals surface area contributed by atoms with Gasteiger partial charge in [-0.1, -0.05) is 43.2 Å². The van der Waals surface area contributed by atoms with E-state index in [2.05, 4.69) is 58.5 Å². The molecule has 0 saturated carbocycles. The molecular weight excluding hydrogens is 314 g/mol. The van der Waals surface area contributed by atoms with Crippen LogP contribution in [-0.4, -0.2) is 21.5 Å². The standard InChI is InChI=1S/C20H25N3S/c1-16(17-8-4-2-5-9-17)22-20(24)23-15-7-3-6-10-19(23)18-11-13-21-14-12-18/h2,4-5,8-9,11-14,16,19H,3,6-7,10,15H2,1H3,(H,22,24)/t16-,19+/m0/s1. The van der Waals surface area contributed by atoms with E-state index in [-0.39, 0.29) is 6.04 Å². The Balaban J connectivity index is 1.75. The maximum absolute atomic E-state index is 5.79. The second kappa shape index (κ2) is 8.25. The van der Waals surface area contributed by atoms with E-state index in [4.69, 9.17) is 12.2 Å². The van der Waals surface area contributed by atoms with Crippen molar-refractivity contribution in [3.8, 4) is 0 Å². The number of aromatic nitrogens is 1. The number of hydrogen-bond donors (Lipinski definition) is 1. The highest BCUT2D eigenvalue weighted by Gasteiger charge is 2.25. The number of nitrogens with zero attached hydrogens (tertiary/aromatic N) is 2. The Morgan fingerprint density at radius 1 is 1.12 bits per heavy atom. The van der Waals surface area contributed by atoms with Gasteiger partial charge in [-0.05, 0) is 55.2 Å². The third-order valence-corrected chi connectivity index (χ3v) is 5.10. The van der Waals surface area contributed by atoms with Crippen molar-refractivity contribution in [2.24, 2.45) is 0 Å². The van der Waals surface area contributed by atoms with Gasteiger partial charge in [0.05, 0.1) is 12.1 Å². The lowest BCUT2D eigenvalue weighted by Crippen LogP contribution is -2.42. The molecule has 1 aliphatic heterocycles. The minimum atomic E-state index is 0.208. The van der Waals surface area contributed by atoms with Crippen molar-refractivity contribution in [2.75, 3.05) is 6.54 Å². The number of benzene rings is 1. The summed E-state index contributed by atoms with van der Waals surface area (Å²) < 4.78 is 0. The lowest BCUT2D eigenvalue weighted by molar-refractivity contribution is 0.314. The van der Waals surface area contributed by atoms with Gasteiger partial charge in [-0.3, -0.25) is 4.98 Å². The van der Waals surface area contributed by atoms with Crippen LogP contribution in [-0.2, 0) is 0 Å². The van der Waals surface area contributed by atoms with Gasteiger partial charge < -0.3 is 10.2 Å². The first-order chi connectivity index (χ1) is 11.8. The third-order valence-electron chi connectivity index (χ3n) is 4.74. The van der Waals surface area contributed by atoms with Gasteiger partial charge in [0.2, 0.25) is 0 Å². The minimum Gasteiger partial charge on any atom is -0.356 e. The molecule has 0 radical (unpaired) electrons. The third kappa shape index (κ3) is 4.12. The smallest absolute Gasteiger partial charge is 0.169 e. The van der Waals surface area contributed by atoms with Crippen LogP contribution in [0.2, 0.25) is 0 Å². The number of hydrogen-bond acceptors (Lipinski definition) is 2. The van der Waals surface area contributed by atoms with Crippen molar-refractivity contribution in [1.29, 1.82) is 0 Å². The molecule has 126 valence electrons. The molecule has 0 spiro atoms. The van der Waals surface area contributed by atoms with Crippen LogP contribution < -0.4 is 5.32 Å². The summed E-state index contributed by atoms with van der Waals surface area (Å²) in [5.41, 5.74) is 2.57. The number of likely N-dealkylation sites (tertiary alicyclic amines) is 1. The summed E-state index contributed by atoms with van der Waals surface area (Å²) in [5, 5.41) is 4.39. The SMILES string of the molecule is C[C@H](NC(=S)N1CCCCC[C@@H]1c1ccncc1)c1ccccc1. The number of pyridine rings is 1. The van der Waals surface area contributed by atoms with Crippen molar-refractivity contribution in [3.05, 3.63) is 66.0 Å². The van der Waals surface area contributed by atoms with Crippen molar-refractivity contribution < 1.29 is 0 Å². The lowest BCUT2D eigenvalue weighted by Gasteiger charge is -2.34. The van der Waals surface area contributed by atoms with Gasteiger partial charge in [0.25, 0.3) is 0 Å². The van der Waals surface area contributed by atoms with Crippen molar-refractivity contribution in [2.45, 2.75) is 44.7 Å². The average Bonchev–Trinajstić information content (AvgIpc) is 2.89. The van der Waals surface area contributed by atoms with Crippen molar-refractivity contribution >= 4 is 17.3 Å². The molecule has 1 N–H and O–H groups in total. The van der Waals surface area contributed by atoms with Crippen LogP contribution in [0.1, 0.15) is 55.8 Å². The molecule has 0 unspecified atom stereocenters. The molecule has 1 aromatic carbocycles. The highest BCUT2D eigenvalue weighted by molar-refractivity contribution is 7.80. The number of nitrogens with one attached hydrogen (secondary N) is 1. The van der Waals surface area contributed by atoms with Gasteiger partial charge >= 0.3 is 0 Å². The van der Waals surface area contributed by atoms with Gasteiger partial charge in [0.15, 0.2) is 5.11 Å². The molecule has 0 aliphatic carbocycles. The highest BCUT2D eigenvalue weighted by Crippen LogP contribution is 2.30.